The van der Waals surface area contributed by atoms with Crippen LogP contribution in [0, 0.1) is 0 Å². The summed E-state index contributed by atoms with van der Waals surface area (Å²) >= 11 is 0. The van der Waals surface area contributed by atoms with Crippen LogP contribution in [0.1, 0.15) is 18.9 Å². The van der Waals surface area contributed by atoms with Gasteiger partial charge in [-0.15, -0.1) is 0 Å². The number of hydrogen-bond acceptors (Lipinski definition) is 5. The maximum Gasteiger partial charge on any atom is 0.334 e. The summed E-state index contributed by atoms with van der Waals surface area (Å²) in [5, 5.41) is 0. The molecule has 108 valence electrons. The molecule has 0 atom stereocenters. The molecule has 0 saturated carbocycles. The van der Waals surface area contributed by atoms with E-state index in [0.29, 0.717) is 6.61 Å². The van der Waals surface area contributed by atoms with Crippen molar-refractivity contribution in [1.29, 1.82) is 0 Å². The topological polar surface area (TPSA) is 61.8 Å². The van der Waals surface area contributed by atoms with Gasteiger partial charge in [-0.25, -0.2) is 4.79 Å². The van der Waals surface area contributed by atoms with Crippen LogP contribution in [0.3, 0.4) is 0 Å². The maximum absolute atomic E-state index is 11.6. The Morgan fingerprint density at radius 2 is 1.75 bits per heavy atom. The molecule has 0 spiro atoms. The van der Waals surface area contributed by atoms with Crippen LogP contribution in [0.15, 0.2) is 29.8 Å². The van der Waals surface area contributed by atoms with Gasteiger partial charge in [-0.1, -0.05) is 12.1 Å². The van der Waals surface area contributed by atoms with Crippen molar-refractivity contribution in [2.45, 2.75) is 13.3 Å². The first-order valence-corrected chi connectivity index (χ1v) is 6.19. The zero-order chi connectivity index (χ0) is 15.0. The molecule has 0 aromatic heterocycles. The molecular weight excluding hydrogens is 260 g/mol. The van der Waals surface area contributed by atoms with Crippen molar-refractivity contribution in [3.05, 3.63) is 35.4 Å². The highest BCUT2D eigenvalue weighted by molar-refractivity contribution is 5.98. The molecule has 0 fully saturated rings. The van der Waals surface area contributed by atoms with Gasteiger partial charge in [-0.2, -0.15) is 0 Å². The Hall–Kier alpha value is -2.30. The Morgan fingerprint density at radius 1 is 1.10 bits per heavy atom. The summed E-state index contributed by atoms with van der Waals surface area (Å²) < 4.78 is 14.5. The van der Waals surface area contributed by atoms with Crippen LogP contribution in [0.25, 0.3) is 6.08 Å². The molecule has 5 heteroatoms. The largest absolute Gasteiger partial charge is 0.494 e. The number of esters is 2. The fourth-order valence-electron chi connectivity index (χ4n) is 1.57. The highest BCUT2D eigenvalue weighted by atomic mass is 16.5. The van der Waals surface area contributed by atoms with Crippen LogP contribution in [0.5, 0.6) is 5.75 Å². The molecule has 0 bridgehead atoms. The van der Waals surface area contributed by atoms with E-state index in [1.165, 1.54) is 14.2 Å². The van der Waals surface area contributed by atoms with E-state index in [1.54, 1.807) is 30.3 Å². The fraction of sp³-hybridized carbons (Fsp3) is 0.333. The van der Waals surface area contributed by atoms with E-state index < -0.39 is 11.9 Å². The Kier molecular flexibility index (Phi) is 6.29. The quantitative estimate of drug-likeness (QED) is 0.589. The minimum Gasteiger partial charge on any atom is -0.494 e. The molecule has 0 N–H and O–H groups in total. The predicted molar refractivity (Wildman–Crippen MR) is 74.2 cm³/mol. The highest BCUT2D eigenvalue weighted by Gasteiger charge is 2.14. The van der Waals surface area contributed by atoms with Crippen LogP contribution >= 0.6 is 0 Å². The number of methoxy groups -OCH3 is 2. The van der Waals surface area contributed by atoms with Gasteiger partial charge in [0.25, 0.3) is 0 Å². The Bertz CT molecular complexity index is 487. The smallest absolute Gasteiger partial charge is 0.334 e. The van der Waals surface area contributed by atoms with E-state index in [-0.39, 0.29) is 12.0 Å². The van der Waals surface area contributed by atoms with Crippen molar-refractivity contribution >= 4 is 18.0 Å². The predicted octanol–water partition coefficient (Wildman–Crippen LogP) is 2.20. The monoisotopic (exact) mass is 278 g/mol. The zero-order valence-electron chi connectivity index (χ0n) is 11.8. The molecule has 1 rings (SSSR count). The standard InChI is InChI=1S/C15H18O5/c1-4-20-13-7-5-11(6-8-13)9-12(15(17)19-3)10-14(16)18-2/h5-9H,4,10H2,1-3H3. The van der Waals surface area contributed by atoms with Gasteiger partial charge < -0.3 is 14.2 Å². The van der Waals surface area contributed by atoms with Crippen LogP contribution < -0.4 is 4.74 Å². The lowest BCUT2D eigenvalue weighted by atomic mass is 10.1. The Labute approximate surface area is 118 Å². The number of ether oxygens (including phenoxy) is 3. The van der Waals surface area contributed by atoms with Gasteiger partial charge in [0.2, 0.25) is 0 Å². The van der Waals surface area contributed by atoms with Crippen LogP contribution in [0.2, 0.25) is 0 Å². The first-order chi connectivity index (χ1) is 9.60. The first-order valence-electron chi connectivity index (χ1n) is 6.19. The van der Waals surface area contributed by atoms with Gasteiger partial charge in [0.05, 0.1) is 27.2 Å². The molecule has 0 aliphatic carbocycles. The summed E-state index contributed by atoms with van der Waals surface area (Å²) in [4.78, 5) is 22.9. The summed E-state index contributed by atoms with van der Waals surface area (Å²) in [5.74, 6) is -0.297. The number of hydrogen-bond donors (Lipinski definition) is 0. The van der Waals surface area contributed by atoms with Gasteiger partial charge >= 0.3 is 11.9 Å². The van der Waals surface area contributed by atoms with Crippen molar-refractivity contribution in [2.24, 2.45) is 0 Å². The van der Waals surface area contributed by atoms with Crippen LogP contribution in [0.4, 0.5) is 0 Å². The van der Waals surface area contributed by atoms with Crippen LogP contribution in [-0.2, 0) is 19.1 Å². The van der Waals surface area contributed by atoms with Crippen LogP contribution in [-0.4, -0.2) is 32.8 Å². The second kappa shape index (κ2) is 7.99. The van der Waals surface area contributed by atoms with E-state index >= 15 is 0 Å². The number of benzene rings is 1. The molecule has 1 aromatic carbocycles. The Balaban J connectivity index is 2.93. The van der Waals surface area contributed by atoms with Crippen molar-refractivity contribution in [2.75, 3.05) is 20.8 Å². The zero-order valence-corrected chi connectivity index (χ0v) is 11.8. The maximum atomic E-state index is 11.6. The normalized spacial score (nSPS) is 10.8. The van der Waals surface area contributed by atoms with Gasteiger partial charge in [0.1, 0.15) is 5.75 Å². The van der Waals surface area contributed by atoms with Crippen molar-refractivity contribution in [3.63, 3.8) is 0 Å². The molecule has 5 nitrogen and oxygen atoms in total. The van der Waals surface area contributed by atoms with E-state index in [2.05, 4.69) is 9.47 Å². The summed E-state index contributed by atoms with van der Waals surface area (Å²) in [6.07, 6.45) is 1.47. The molecule has 0 unspecified atom stereocenters. The van der Waals surface area contributed by atoms with E-state index in [4.69, 9.17) is 4.74 Å². The molecule has 20 heavy (non-hydrogen) atoms. The molecule has 0 aliphatic heterocycles. The molecular formula is C15H18O5. The lowest BCUT2D eigenvalue weighted by molar-refractivity contribution is -0.143. The molecule has 0 heterocycles. The SMILES string of the molecule is CCOc1ccc(C=C(CC(=O)OC)C(=O)OC)cc1. The van der Waals surface area contributed by atoms with Gasteiger partial charge in [0, 0.05) is 5.57 Å². The van der Waals surface area contributed by atoms with Gasteiger partial charge in [0.15, 0.2) is 0 Å². The van der Waals surface area contributed by atoms with Gasteiger partial charge in [-0.3, -0.25) is 4.79 Å². The van der Waals surface area contributed by atoms with E-state index in [1.807, 2.05) is 6.92 Å². The average Bonchev–Trinajstić information content (AvgIpc) is 2.47. The summed E-state index contributed by atoms with van der Waals surface area (Å²) in [5.41, 5.74) is 1.02. The van der Waals surface area contributed by atoms with Gasteiger partial charge in [-0.05, 0) is 30.7 Å². The van der Waals surface area contributed by atoms with Crippen molar-refractivity contribution in [1.82, 2.24) is 0 Å². The molecule has 1 aromatic rings. The van der Waals surface area contributed by atoms with Crippen molar-refractivity contribution in [3.8, 4) is 5.75 Å². The molecule has 0 radical (unpaired) electrons. The highest BCUT2D eigenvalue weighted by Crippen LogP contribution is 2.16. The Morgan fingerprint density at radius 3 is 2.25 bits per heavy atom. The fourth-order valence-corrected chi connectivity index (χ4v) is 1.57. The summed E-state index contributed by atoms with van der Waals surface area (Å²) in [6, 6.07) is 7.18. The molecule has 0 aliphatic rings. The lowest BCUT2D eigenvalue weighted by Gasteiger charge is -2.06. The summed E-state index contributed by atoms with van der Waals surface area (Å²) in [6.45, 7) is 2.49. The number of carbonyl (C=O) groups excluding carboxylic acids is 2. The third kappa shape index (κ3) is 4.76. The minimum atomic E-state index is -0.552. The number of rotatable bonds is 6. The van der Waals surface area contributed by atoms with E-state index in [9.17, 15) is 9.59 Å². The summed E-state index contributed by atoms with van der Waals surface area (Å²) in [7, 11) is 2.54. The second-order valence-corrected chi connectivity index (χ2v) is 3.92. The second-order valence-electron chi connectivity index (χ2n) is 3.92. The van der Waals surface area contributed by atoms with Crippen molar-refractivity contribution < 1.29 is 23.8 Å². The minimum absolute atomic E-state index is 0.129. The average molecular weight is 278 g/mol. The number of carbonyl (C=O) groups is 2. The molecule has 0 saturated heterocycles. The third-order valence-electron chi connectivity index (χ3n) is 2.54. The first kappa shape index (κ1) is 15.8. The molecule has 0 amide bonds. The van der Waals surface area contributed by atoms with E-state index in [0.717, 1.165) is 11.3 Å². The third-order valence-corrected chi connectivity index (χ3v) is 2.54. The lowest BCUT2D eigenvalue weighted by Crippen LogP contribution is -2.10.